The molecule has 0 radical (unpaired) electrons. The van der Waals surface area contributed by atoms with Crippen LogP contribution in [0, 0.1) is 12.8 Å². The van der Waals surface area contributed by atoms with E-state index in [0.29, 0.717) is 12.4 Å². The van der Waals surface area contributed by atoms with Crippen LogP contribution in [-0.4, -0.2) is 28.1 Å². The summed E-state index contributed by atoms with van der Waals surface area (Å²) in [6, 6.07) is 8.40. The van der Waals surface area contributed by atoms with Crippen molar-refractivity contribution in [1.29, 1.82) is 0 Å². The summed E-state index contributed by atoms with van der Waals surface area (Å²) >= 11 is 0. The maximum Gasteiger partial charge on any atom is 0.135 e. The highest BCUT2D eigenvalue weighted by molar-refractivity contribution is 5.70. The average molecular weight is 457 g/mol. The first-order valence-electron chi connectivity index (χ1n) is 12.0. The predicted molar refractivity (Wildman–Crippen MR) is 136 cm³/mol. The van der Waals surface area contributed by atoms with Gasteiger partial charge in [0.15, 0.2) is 0 Å². The van der Waals surface area contributed by atoms with Crippen LogP contribution in [0.1, 0.15) is 42.3 Å². The van der Waals surface area contributed by atoms with Crippen LogP contribution in [0.15, 0.2) is 49.2 Å². The van der Waals surface area contributed by atoms with E-state index in [1.165, 1.54) is 24.1 Å². The summed E-state index contributed by atoms with van der Waals surface area (Å²) in [6.45, 7) is 10.1. The summed E-state index contributed by atoms with van der Waals surface area (Å²) in [5, 5.41) is 3.09. The third kappa shape index (κ3) is 4.42. The Morgan fingerprint density at radius 3 is 2.94 bits per heavy atom. The number of hydrogen-bond donors (Lipinski definition) is 2. The largest absolute Gasteiger partial charge is 0.491 e. The van der Waals surface area contributed by atoms with E-state index in [0.717, 1.165) is 71.5 Å². The van der Waals surface area contributed by atoms with E-state index in [1.807, 2.05) is 13.1 Å². The van der Waals surface area contributed by atoms with Crippen LogP contribution in [-0.2, 0) is 19.4 Å². The number of nitrogens with zero attached hydrogens (tertiary/aromatic N) is 4. The van der Waals surface area contributed by atoms with Gasteiger partial charge < -0.3 is 20.7 Å². The predicted octanol–water partition coefficient (Wildman–Crippen LogP) is 4.60. The van der Waals surface area contributed by atoms with Gasteiger partial charge in [-0.05, 0) is 55.9 Å². The molecule has 1 atom stereocenters. The Hall–Kier alpha value is -3.61. The highest BCUT2D eigenvalue weighted by Gasteiger charge is 2.26. The van der Waals surface area contributed by atoms with Crippen molar-refractivity contribution in [3.63, 3.8) is 0 Å². The van der Waals surface area contributed by atoms with Gasteiger partial charge in [0.1, 0.15) is 24.5 Å². The van der Waals surface area contributed by atoms with Crippen LogP contribution < -0.4 is 20.7 Å². The fourth-order valence-electron chi connectivity index (χ4n) is 4.96. The van der Waals surface area contributed by atoms with Crippen LogP contribution in [0.25, 0.3) is 11.1 Å². The zero-order valence-corrected chi connectivity index (χ0v) is 20.0. The number of nitrogens with two attached hydrogens (primary N) is 1. The molecule has 0 spiro atoms. The van der Waals surface area contributed by atoms with E-state index in [1.54, 1.807) is 6.33 Å². The number of rotatable bonds is 5. The summed E-state index contributed by atoms with van der Waals surface area (Å²) in [4.78, 5) is 16.3. The zero-order valence-electron chi connectivity index (χ0n) is 20.0. The Bertz CT molecular complexity index is 1220. The standard InChI is InChI=1S/C27H32N6O/c1-4-19-5-7-23-25(11-19)30-16-31-27(23)33-9-10-34-26-8-6-20(12-22(26)15-33)21-13-24(32-18(3)28)17(2)29-14-21/h6,8,12-14,16,19,32H,3-5,7,9-11,15,28H2,1-2H3. The molecule has 5 rings (SSSR count). The molecule has 1 aromatic carbocycles. The average Bonchev–Trinajstić information content (AvgIpc) is 3.06. The zero-order chi connectivity index (χ0) is 23.7. The van der Waals surface area contributed by atoms with Crippen molar-refractivity contribution in [2.24, 2.45) is 11.7 Å². The topological polar surface area (TPSA) is 89.2 Å². The van der Waals surface area contributed by atoms with Crippen molar-refractivity contribution in [3.8, 4) is 16.9 Å². The molecule has 1 unspecified atom stereocenters. The van der Waals surface area contributed by atoms with Crippen molar-refractivity contribution >= 4 is 11.5 Å². The monoisotopic (exact) mass is 456 g/mol. The molecular weight excluding hydrogens is 424 g/mol. The van der Waals surface area contributed by atoms with Crippen LogP contribution in [0.3, 0.4) is 0 Å². The molecule has 0 amide bonds. The fourth-order valence-corrected chi connectivity index (χ4v) is 4.96. The molecule has 34 heavy (non-hydrogen) atoms. The fraction of sp³-hybridized carbons (Fsp3) is 0.370. The quantitative estimate of drug-likeness (QED) is 0.580. The lowest BCUT2D eigenvalue weighted by atomic mass is 9.85. The number of hydrogen-bond acceptors (Lipinski definition) is 7. The first kappa shape index (κ1) is 22.2. The van der Waals surface area contributed by atoms with E-state index in [2.05, 4.69) is 58.0 Å². The Morgan fingerprint density at radius 1 is 1.24 bits per heavy atom. The second-order valence-electron chi connectivity index (χ2n) is 9.24. The molecule has 1 aliphatic carbocycles. The van der Waals surface area contributed by atoms with Gasteiger partial charge in [0.05, 0.1) is 23.7 Å². The molecule has 3 heterocycles. The lowest BCUT2D eigenvalue weighted by Gasteiger charge is -2.29. The number of aryl methyl sites for hydroxylation is 1. The third-order valence-corrected chi connectivity index (χ3v) is 6.93. The summed E-state index contributed by atoms with van der Waals surface area (Å²) < 4.78 is 6.12. The molecular formula is C27H32N6O. The Kier molecular flexibility index (Phi) is 6.09. The molecule has 7 heteroatoms. The third-order valence-electron chi connectivity index (χ3n) is 6.93. The van der Waals surface area contributed by atoms with E-state index in [4.69, 9.17) is 15.5 Å². The molecule has 1 aliphatic heterocycles. The maximum absolute atomic E-state index is 6.12. The van der Waals surface area contributed by atoms with Gasteiger partial charge in [-0.15, -0.1) is 0 Å². The Morgan fingerprint density at radius 2 is 2.12 bits per heavy atom. The SMILES string of the molecule is C=C(N)Nc1cc(-c2ccc3c(c2)CN(c2ncnc4c2CCC(CC)C4)CCO3)cnc1C. The van der Waals surface area contributed by atoms with Crippen molar-refractivity contribution < 1.29 is 4.74 Å². The minimum absolute atomic E-state index is 0.395. The molecule has 0 saturated heterocycles. The maximum atomic E-state index is 6.12. The van der Waals surface area contributed by atoms with Crippen molar-refractivity contribution in [3.05, 3.63) is 71.7 Å². The van der Waals surface area contributed by atoms with Gasteiger partial charge in [0.25, 0.3) is 0 Å². The van der Waals surface area contributed by atoms with Crippen molar-refractivity contribution in [1.82, 2.24) is 15.0 Å². The molecule has 3 N–H and O–H groups in total. The smallest absolute Gasteiger partial charge is 0.135 e. The molecule has 2 aliphatic rings. The van der Waals surface area contributed by atoms with Gasteiger partial charge in [-0.3, -0.25) is 4.98 Å². The van der Waals surface area contributed by atoms with Crippen LogP contribution in [0.5, 0.6) is 5.75 Å². The van der Waals surface area contributed by atoms with Gasteiger partial charge in [-0.25, -0.2) is 9.97 Å². The van der Waals surface area contributed by atoms with Gasteiger partial charge in [-0.1, -0.05) is 26.0 Å². The molecule has 0 saturated carbocycles. The molecule has 0 bridgehead atoms. The minimum Gasteiger partial charge on any atom is -0.491 e. The second-order valence-corrected chi connectivity index (χ2v) is 9.24. The van der Waals surface area contributed by atoms with Gasteiger partial charge in [0.2, 0.25) is 0 Å². The first-order valence-corrected chi connectivity index (χ1v) is 12.0. The molecule has 0 fully saturated rings. The lowest BCUT2D eigenvalue weighted by Crippen LogP contribution is -2.29. The number of pyridine rings is 1. The Balaban J connectivity index is 1.46. The summed E-state index contributed by atoms with van der Waals surface area (Å²) in [5.74, 6) is 3.11. The first-order chi connectivity index (χ1) is 16.5. The summed E-state index contributed by atoms with van der Waals surface area (Å²) in [5.41, 5.74) is 13.3. The molecule has 7 nitrogen and oxygen atoms in total. The van der Waals surface area contributed by atoms with E-state index in [-0.39, 0.29) is 0 Å². The lowest BCUT2D eigenvalue weighted by molar-refractivity contribution is 0.331. The van der Waals surface area contributed by atoms with Crippen molar-refractivity contribution in [2.45, 2.75) is 46.1 Å². The number of anilines is 2. The highest BCUT2D eigenvalue weighted by atomic mass is 16.5. The van der Waals surface area contributed by atoms with E-state index in [9.17, 15) is 0 Å². The molecule has 176 valence electrons. The van der Waals surface area contributed by atoms with Crippen molar-refractivity contribution in [2.75, 3.05) is 23.4 Å². The number of benzene rings is 1. The van der Waals surface area contributed by atoms with Gasteiger partial charge in [0, 0.05) is 35.1 Å². The number of nitrogens with one attached hydrogen (secondary N) is 1. The van der Waals surface area contributed by atoms with Crippen LogP contribution in [0.2, 0.25) is 0 Å². The van der Waals surface area contributed by atoms with Crippen LogP contribution >= 0.6 is 0 Å². The van der Waals surface area contributed by atoms with Crippen LogP contribution in [0.4, 0.5) is 11.5 Å². The second kappa shape index (κ2) is 9.33. The summed E-state index contributed by atoms with van der Waals surface area (Å²) in [6.07, 6.45) is 8.14. The summed E-state index contributed by atoms with van der Waals surface area (Å²) in [7, 11) is 0. The molecule has 3 aromatic rings. The Labute approximate surface area is 201 Å². The number of aromatic nitrogens is 3. The van der Waals surface area contributed by atoms with Gasteiger partial charge in [-0.2, -0.15) is 0 Å². The minimum atomic E-state index is 0.395. The number of ether oxygens (including phenoxy) is 1. The number of fused-ring (bicyclic) bond motifs is 2. The van der Waals surface area contributed by atoms with Gasteiger partial charge >= 0.3 is 0 Å². The normalized spacial score (nSPS) is 17.2. The van der Waals surface area contributed by atoms with E-state index < -0.39 is 0 Å². The molecule has 2 aromatic heterocycles. The highest BCUT2D eigenvalue weighted by Crippen LogP contribution is 2.35. The van der Waals surface area contributed by atoms with E-state index >= 15 is 0 Å².